The Morgan fingerprint density at radius 3 is 2.83 bits per heavy atom. The monoisotopic (exact) mass is 321 g/mol. The van der Waals surface area contributed by atoms with Crippen LogP contribution in [0.4, 0.5) is 5.82 Å². The first-order valence-electron chi connectivity index (χ1n) is 7.68. The fourth-order valence-corrected chi connectivity index (χ4v) is 3.22. The lowest BCUT2D eigenvalue weighted by atomic mass is 10.1. The Hall–Kier alpha value is -3.15. The molecule has 3 aromatic rings. The molecule has 2 N–H and O–H groups in total. The number of pyridine rings is 2. The minimum atomic E-state index is -0.654. The molecule has 6 nitrogen and oxygen atoms in total. The number of aromatic nitrogens is 2. The summed E-state index contributed by atoms with van der Waals surface area (Å²) < 4.78 is 1.56. The zero-order valence-corrected chi connectivity index (χ0v) is 13.0. The van der Waals surface area contributed by atoms with E-state index in [2.05, 4.69) is 10.3 Å². The predicted molar refractivity (Wildman–Crippen MR) is 90.5 cm³/mol. The molecule has 0 fully saturated rings. The SMILES string of the molecule is Cc1cccc(NC(=O)c2c(O)c3cccc4c3n(c2=O)CC4)n1. The number of benzene rings is 1. The third kappa shape index (κ3) is 2.07. The van der Waals surface area contributed by atoms with Crippen LogP contribution in [0.3, 0.4) is 0 Å². The van der Waals surface area contributed by atoms with Crippen LogP contribution in [0.2, 0.25) is 0 Å². The van der Waals surface area contributed by atoms with E-state index in [0.717, 1.165) is 17.7 Å². The maximum atomic E-state index is 12.7. The lowest BCUT2D eigenvalue weighted by Gasteiger charge is -2.11. The van der Waals surface area contributed by atoms with Crippen molar-refractivity contribution >= 4 is 22.6 Å². The molecule has 0 unspecified atom stereocenters. The van der Waals surface area contributed by atoms with Gasteiger partial charge in [-0.2, -0.15) is 0 Å². The number of nitrogens with zero attached hydrogens (tertiary/aromatic N) is 2. The second-order valence-corrected chi connectivity index (χ2v) is 5.86. The third-order valence-corrected chi connectivity index (χ3v) is 4.30. The highest BCUT2D eigenvalue weighted by Gasteiger charge is 2.26. The standard InChI is InChI=1S/C18H15N3O3/c1-10-4-2-7-13(19-10)20-17(23)14-16(22)12-6-3-5-11-8-9-21(15(11)12)18(14)24/h2-7,22H,8-9H2,1H3,(H,19,20,23). The van der Waals surface area contributed by atoms with Crippen molar-refractivity contribution in [2.45, 2.75) is 19.9 Å². The van der Waals surface area contributed by atoms with Crippen molar-refractivity contribution < 1.29 is 9.90 Å². The molecule has 1 amide bonds. The number of hydrogen-bond donors (Lipinski definition) is 2. The first-order chi connectivity index (χ1) is 11.6. The van der Waals surface area contributed by atoms with Crippen molar-refractivity contribution in [1.82, 2.24) is 9.55 Å². The first-order valence-corrected chi connectivity index (χ1v) is 7.68. The molecule has 0 saturated heterocycles. The molecule has 1 aromatic carbocycles. The van der Waals surface area contributed by atoms with Gasteiger partial charge in [-0.25, -0.2) is 4.98 Å². The Morgan fingerprint density at radius 1 is 1.25 bits per heavy atom. The number of para-hydroxylation sites is 1. The summed E-state index contributed by atoms with van der Waals surface area (Å²) >= 11 is 0. The molecule has 3 heterocycles. The molecule has 24 heavy (non-hydrogen) atoms. The normalized spacial score (nSPS) is 12.5. The summed E-state index contributed by atoms with van der Waals surface area (Å²) in [6.07, 6.45) is 0.719. The molecule has 120 valence electrons. The van der Waals surface area contributed by atoms with Gasteiger partial charge in [0, 0.05) is 17.6 Å². The Kier molecular flexibility index (Phi) is 3.13. The molecular formula is C18H15N3O3. The number of aryl methyl sites for hydroxylation is 3. The Balaban J connectivity index is 1.86. The summed E-state index contributed by atoms with van der Waals surface area (Å²) in [5.74, 6) is -0.590. The molecule has 0 aliphatic carbocycles. The third-order valence-electron chi connectivity index (χ3n) is 4.30. The molecule has 0 spiro atoms. The topological polar surface area (TPSA) is 84.2 Å². The van der Waals surface area contributed by atoms with E-state index in [9.17, 15) is 14.7 Å². The van der Waals surface area contributed by atoms with Gasteiger partial charge in [0.15, 0.2) is 0 Å². The second kappa shape index (κ2) is 5.19. The second-order valence-electron chi connectivity index (χ2n) is 5.86. The van der Waals surface area contributed by atoms with Crippen LogP contribution in [0.25, 0.3) is 10.9 Å². The number of carbonyl (C=O) groups excluding carboxylic acids is 1. The van der Waals surface area contributed by atoms with Crippen LogP contribution in [0.5, 0.6) is 5.75 Å². The van der Waals surface area contributed by atoms with Crippen LogP contribution >= 0.6 is 0 Å². The van der Waals surface area contributed by atoms with E-state index in [1.165, 1.54) is 0 Å². The largest absolute Gasteiger partial charge is 0.506 e. The van der Waals surface area contributed by atoms with Gasteiger partial charge >= 0.3 is 0 Å². The maximum Gasteiger partial charge on any atom is 0.267 e. The smallest absolute Gasteiger partial charge is 0.267 e. The van der Waals surface area contributed by atoms with Crippen molar-refractivity contribution in [2.24, 2.45) is 0 Å². The van der Waals surface area contributed by atoms with Gasteiger partial charge in [-0.05, 0) is 37.1 Å². The van der Waals surface area contributed by atoms with Crippen molar-refractivity contribution in [3.8, 4) is 5.75 Å². The van der Waals surface area contributed by atoms with Crippen molar-refractivity contribution in [2.75, 3.05) is 5.32 Å². The van der Waals surface area contributed by atoms with Crippen molar-refractivity contribution in [3.63, 3.8) is 0 Å². The van der Waals surface area contributed by atoms with E-state index in [-0.39, 0.29) is 11.3 Å². The van der Waals surface area contributed by atoms with Gasteiger partial charge in [0.1, 0.15) is 17.1 Å². The van der Waals surface area contributed by atoms with E-state index >= 15 is 0 Å². The summed E-state index contributed by atoms with van der Waals surface area (Å²) in [5, 5.41) is 13.6. The van der Waals surface area contributed by atoms with Gasteiger partial charge in [-0.1, -0.05) is 18.2 Å². The summed E-state index contributed by atoms with van der Waals surface area (Å²) in [7, 11) is 0. The Bertz CT molecular complexity index is 1050. The quantitative estimate of drug-likeness (QED) is 0.758. The molecule has 0 radical (unpaired) electrons. The number of carbonyl (C=O) groups is 1. The van der Waals surface area contributed by atoms with E-state index in [0.29, 0.717) is 23.3 Å². The predicted octanol–water partition coefficient (Wildman–Crippen LogP) is 2.22. The average Bonchev–Trinajstić information content (AvgIpc) is 2.98. The van der Waals surface area contributed by atoms with Gasteiger partial charge in [0.05, 0.1) is 5.52 Å². The Labute approximate surface area is 137 Å². The van der Waals surface area contributed by atoms with Gasteiger partial charge in [0.25, 0.3) is 11.5 Å². The minimum absolute atomic E-state index is 0.246. The molecule has 6 heteroatoms. The van der Waals surface area contributed by atoms with Crippen LogP contribution in [-0.4, -0.2) is 20.6 Å². The number of anilines is 1. The number of amides is 1. The molecule has 0 atom stereocenters. The highest BCUT2D eigenvalue weighted by atomic mass is 16.3. The van der Waals surface area contributed by atoms with Gasteiger partial charge in [-0.3, -0.25) is 9.59 Å². The fraction of sp³-hybridized carbons (Fsp3) is 0.167. The van der Waals surface area contributed by atoms with E-state index in [1.54, 1.807) is 35.8 Å². The van der Waals surface area contributed by atoms with Gasteiger partial charge in [0.2, 0.25) is 0 Å². The van der Waals surface area contributed by atoms with Gasteiger partial charge in [-0.15, -0.1) is 0 Å². The highest BCUT2D eigenvalue weighted by Crippen LogP contribution is 2.32. The molecule has 1 aliphatic rings. The lowest BCUT2D eigenvalue weighted by molar-refractivity contribution is 0.102. The van der Waals surface area contributed by atoms with E-state index < -0.39 is 11.5 Å². The van der Waals surface area contributed by atoms with Crippen LogP contribution in [-0.2, 0) is 13.0 Å². The first kappa shape index (κ1) is 14.4. The summed E-state index contributed by atoms with van der Waals surface area (Å²) in [6.45, 7) is 2.32. The zero-order chi connectivity index (χ0) is 16.8. The van der Waals surface area contributed by atoms with Crippen LogP contribution in [0, 0.1) is 6.92 Å². The fourth-order valence-electron chi connectivity index (χ4n) is 3.22. The van der Waals surface area contributed by atoms with Crippen LogP contribution < -0.4 is 10.9 Å². The number of nitrogens with one attached hydrogen (secondary N) is 1. The average molecular weight is 321 g/mol. The molecule has 0 saturated carbocycles. The molecule has 4 rings (SSSR count). The van der Waals surface area contributed by atoms with Crippen LogP contribution in [0.1, 0.15) is 21.6 Å². The maximum absolute atomic E-state index is 12.7. The number of hydrogen-bond acceptors (Lipinski definition) is 4. The van der Waals surface area contributed by atoms with Crippen LogP contribution in [0.15, 0.2) is 41.2 Å². The number of aromatic hydroxyl groups is 1. The minimum Gasteiger partial charge on any atom is -0.506 e. The molecule has 2 aromatic heterocycles. The van der Waals surface area contributed by atoms with Crippen molar-refractivity contribution in [1.29, 1.82) is 0 Å². The lowest BCUT2D eigenvalue weighted by Crippen LogP contribution is -2.28. The Morgan fingerprint density at radius 2 is 2.04 bits per heavy atom. The summed E-state index contributed by atoms with van der Waals surface area (Å²) in [6, 6.07) is 10.7. The van der Waals surface area contributed by atoms with Gasteiger partial charge < -0.3 is 15.0 Å². The molecule has 0 bridgehead atoms. The summed E-state index contributed by atoms with van der Waals surface area (Å²) in [4.78, 5) is 29.5. The summed E-state index contributed by atoms with van der Waals surface area (Å²) in [5.41, 5.74) is 1.74. The number of rotatable bonds is 2. The van der Waals surface area contributed by atoms with E-state index in [4.69, 9.17) is 0 Å². The molecular weight excluding hydrogens is 306 g/mol. The highest BCUT2D eigenvalue weighted by molar-refractivity contribution is 6.09. The zero-order valence-electron chi connectivity index (χ0n) is 13.0. The van der Waals surface area contributed by atoms with E-state index in [1.807, 2.05) is 12.1 Å². The molecule has 1 aliphatic heterocycles. The van der Waals surface area contributed by atoms with Crippen molar-refractivity contribution in [3.05, 3.63) is 63.6 Å².